The molecule has 21 heavy (non-hydrogen) atoms. The molecule has 7 heteroatoms. The number of aromatic nitrogens is 1. The van der Waals surface area contributed by atoms with Crippen molar-refractivity contribution in [2.24, 2.45) is 0 Å². The van der Waals surface area contributed by atoms with Crippen LogP contribution in [0.4, 0.5) is 4.79 Å². The zero-order valence-electron chi connectivity index (χ0n) is 12.3. The molecule has 0 radical (unpaired) electrons. The van der Waals surface area contributed by atoms with Crippen LogP contribution < -0.4 is 5.32 Å². The minimum Gasteiger partial charge on any atom is -0.453 e. The molecule has 1 fully saturated rings. The molecule has 1 aliphatic rings. The van der Waals surface area contributed by atoms with Crippen molar-refractivity contribution < 1.29 is 14.3 Å². The van der Waals surface area contributed by atoms with Crippen LogP contribution in [-0.2, 0) is 11.3 Å². The molecule has 1 saturated heterocycles. The zero-order chi connectivity index (χ0) is 15.4. The van der Waals surface area contributed by atoms with E-state index in [1.807, 2.05) is 16.8 Å². The van der Waals surface area contributed by atoms with Crippen LogP contribution in [0.15, 0.2) is 16.7 Å². The lowest BCUT2D eigenvalue weighted by atomic mass is 10.3. The molecule has 0 aromatic carbocycles. The molecule has 1 atom stereocenters. The van der Waals surface area contributed by atoms with Gasteiger partial charge in [0.15, 0.2) is 0 Å². The number of alkyl carbamates (subject to hydrolysis) is 1. The molecule has 1 aromatic rings. The predicted octanol–water partition coefficient (Wildman–Crippen LogP) is 2.23. The van der Waals surface area contributed by atoms with Gasteiger partial charge in [0.1, 0.15) is 5.69 Å². The Balaban J connectivity index is 2.03. The second-order valence-corrected chi connectivity index (χ2v) is 6.03. The summed E-state index contributed by atoms with van der Waals surface area (Å²) < 4.78 is 7.45. The number of amides is 2. The van der Waals surface area contributed by atoms with Gasteiger partial charge in [-0.3, -0.25) is 4.79 Å². The lowest BCUT2D eigenvalue weighted by molar-refractivity contribution is 0.0777. The number of carbonyl (C=O) groups excluding carboxylic acids is 2. The molecule has 0 spiro atoms. The number of halogens is 1. The maximum atomic E-state index is 12.6. The predicted molar refractivity (Wildman–Crippen MR) is 82.3 cm³/mol. The molecule has 116 valence electrons. The van der Waals surface area contributed by atoms with Crippen molar-refractivity contribution in [1.82, 2.24) is 14.8 Å². The Morgan fingerprint density at radius 3 is 2.95 bits per heavy atom. The summed E-state index contributed by atoms with van der Waals surface area (Å²) in [5.74, 6) is 0.00307. The average Bonchev–Trinajstić information content (AvgIpc) is 3.05. The number of hydrogen-bond donors (Lipinski definition) is 1. The van der Waals surface area contributed by atoms with Gasteiger partial charge in [-0.05, 0) is 34.8 Å². The van der Waals surface area contributed by atoms with E-state index in [9.17, 15) is 9.59 Å². The molecular formula is C14H20BrN3O3. The fraction of sp³-hybridized carbons (Fsp3) is 0.571. The maximum absolute atomic E-state index is 12.6. The van der Waals surface area contributed by atoms with Crippen molar-refractivity contribution in [1.29, 1.82) is 0 Å². The lowest BCUT2D eigenvalue weighted by Crippen LogP contribution is -2.38. The van der Waals surface area contributed by atoms with Crippen LogP contribution in [0.2, 0.25) is 0 Å². The molecule has 2 heterocycles. The van der Waals surface area contributed by atoms with E-state index in [0.29, 0.717) is 18.8 Å². The summed E-state index contributed by atoms with van der Waals surface area (Å²) >= 11 is 3.42. The Labute approximate surface area is 132 Å². The fourth-order valence-corrected chi connectivity index (χ4v) is 2.99. The third-order valence-corrected chi connectivity index (χ3v) is 3.96. The summed E-state index contributed by atoms with van der Waals surface area (Å²) in [4.78, 5) is 25.6. The average molecular weight is 358 g/mol. The quantitative estimate of drug-likeness (QED) is 0.898. The van der Waals surface area contributed by atoms with Crippen LogP contribution in [0, 0.1) is 0 Å². The molecule has 0 bridgehead atoms. The van der Waals surface area contributed by atoms with Gasteiger partial charge in [0.25, 0.3) is 5.91 Å². The van der Waals surface area contributed by atoms with Crippen molar-refractivity contribution in [3.8, 4) is 0 Å². The Kier molecular flexibility index (Phi) is 5.27. The monoisotopic (exact) mass is 357 g/mol. The van der Waals surface area contributed by atoms with Crippen molar-refractivity contribution in [3.63, 3.8) is 0 Å². The number of nitrogens with zero attached hydrogens (tertiary/aromatic N) is 2. The van der Waals surface area contributed by atoms with Gasteiger partial charge >= 0.3 is 6.09 Å². The number of ether oxygens (including phenoxy) is 1. The van der Waals surface area contributed by atoms with Crippen LogP contribution >= 0.6 is 15.9 Å². The van der Waals surface area contributed by atoms with Crippen LogP contribution in [-0.4, -0.2) is 47.7 Å². The van der Waals surface area contributed by atoms with Gasteiger partial charge < -0.3 is 19.5 Å². The third-order valence-electron chi connectivity index (χ3n) is 3.53. The number of rotatable bonds is 4. The van der Waals surface area contributed by atoms with Crippen LogP contribution in [0.5, 0.6) is 0 Å². The molecule has 1 N–H and O–H groups in total. The topological polar surface area (TPSA) is 63.6 Å². The summed E-state index contributed by atoms with van der Waals surface area (Å²) in [5, 5.41) is 2.74. The maximum Gasteiger partial charge on any atom is 0.407 e. The van der Waals surface area contributed by atoms with Crippen molar-refractivity contribution in [3.05, 3.63) is 22.4 Å². The minimum absolute atomic E-state index is 0.00307. The highest BCUT2D eigenvalue weighted by Gasteiger charge is 2.29. The summed E-state index contributed by atoms with van der Waals surface area (Å²) in [7, 11) is 1.34. The van der Waals surface area contributed by atoms with Gasteiger partial charge in [-0.2, -0.15) is 0 Å². The smallest absolute Gasteiger partial charge is 0.407 e. The second kappa shape index (κ2) is 6.98. The summed E-state index contributed by atoms with van der Waals surface area (Å²) in [6, 6.07) is 1.80. The Hall–Kier alpha value is -1.50. The normalized spacial score (nSPS) is 17.9. The summed E-state index contributed by atoms with van der Waals surface area (Å²) in [6.07, 6.45) is 3.19. The number of carbonyl (C=O) groups is 2. The van der Waals surface area contributed by atoms with E-state index in [4.69, 9.17) is 0 Å². The molecule has 1 aliphatic heterocycles. The van der Waals surface area contributed by atoms with Gasteiger partial charge in [-0.25, -0.2) is 4.79 Å². The zero-order valence-corrected chi connectivity index (χ0v) is 13.9. The Morgan fingerprint density at radius 1 is 1.52 bits per heavy atom. The highest BCUT2D eigenvalue weighted by molar-refractivity contribution is 9.10. The van der Waals surface area contributed by atoms with Gasteiger partial charge in [-0.1, -0.05) is 6.92 Å². The number of nitrogens with one attached hydrogen (secondary N) is 1. The van der Waals surface area contributed by atoms with E-state index in [1.54, 1.807) is 4.90 Å². The van der Waals surface area contributed by atoms with E-state index in [0.717, 1.165) is 23.9 Å². The highest BCUT2D eigenvalue weighted by atomic mass is 79.9. The number of aryl methyl sites for hydroxylation is 1. The van der Waals surface area contributed by atoms with E-state index < -0.39 is 6.09 Å². The fourth-order valence-electron chi connectivity index (χ4n) is 2.53. The summed E-state index contributed by atoms with van der Waals surface area (Å²) in [5.41, 5.74) is 0.683. The van der Waals surface area contributed by atoms with Gasteiger partial charge in [0.05, 0.1) is 13.2 Å². The first kappa shape index (κ1) is 15.9. The Morgan fingerprint density at radius 2 is 2.29 bits per heavy atom. The first-order chi connectivity index (χ1) is 10.0. The Bertz CT molecular complexity index is 530. The van der Waals surface area contributed by atoms with E-state index in [-0.39, 0.29) is 11.9 Å². The van der Waals surface area contributed by atoms with Crippen LogP contribution in [0.1, 0.15) is 30.3 Å². The largest absolute Gasteiger partial charge is 0.453 e. The minimum atomic E-state index is -0.452. The number of likely N-dealkylation sites (tertiary alicyclic amines) is 1. The molecule has 1 unspecified atom stereocenters. The molecule has 0 saturated carbocycles. The van der Waals surface area contributed by atoms with Crippen molar-refractivity contribution in [2.75, 3.05) is 20.2 Å². The van der Waals surface area contributed by atoms with Gasteiger partial charge in [-0.15, -0.1) is 0 Å². The second-order valence-electron chi connectivity index (χ2n) is 5.11. The third kappa shape index (κ3) is 3.78. The number of methoxy groups -OCH3 is 1. The van der Waals surface area contributed by atoms with Crippen LogP contribution in [0.25, 0.3) is 0 Å². The molecule has 6 nitrogen and oxygen atoms in total. The first-order valence-corrected chi connectivity index (χ1v) is 7.84. The van der Waals surface area contributed by atoms with Crippen molar-refractivity contribution in [2.45, 2.75) is 32.4 Å². The van der Waals surface area contributed by atoms with Gasteiger partial charge in [0.2, 0.25) is 0 Å². The van der Waals surface area contributed by atoms with Crippen molar-refractivity contribution >= 4 is 27.9 Å². The van der Waals surface area contributed by atoms with Gasteiger partial charge in [0, 0.05) is 30.3 Å². The molecule has 2 rings (SSSR count). The molecule has 2 amide bonds. The van der Waals surface area contributed by atoms with E-state index >= 15 is 0 Å². The molecule has 0 aliphatic carbocycles. The summed E-state index contributed by atoms with van der Waals surface area (Å²) in [6.45, 7) is 4.05. The molecule has 1 aromatic heterocycles. The SMILES string of the molecule is CCCn1cc(Br)cc1C(=O)N1CCC(NC(=O)OC)C1. The standard InChI is InChI=1S/C14H20BrN3O3/c1-3-5-17-8-10(15)7-12(17)13(19)18-6-4-11(9-18)16-14(20)21-2/h7-8,11H,3-6,9H2,1-2H3,(H,16,20). The molecular weight excluding hydrogens is 338 g/mol. The first-order valence-electron chi connectivity index (χ1n) is 7.04. The van der Waals surface area contributed by atoms with E-state index in [2.05, 4.69) is 32.9 Å². The van der Waals surface area contributed by atoms with Crippen LogP contribution in [0.3, 0.4) is 0 Å². The highest BCUT2D eigenvalue weighted by Crippen LogP contribution is 2.19. The van der Waals surface area contributed by atoms with E-state index in [1.165, 1.54) is 7.11 Å². The lowest BCUT2D eigenvalue weighted by Gasteiger charge is -2.18. The number of hydrogen-bond acceptors (Lipinski definition) is 3.